The van der Waals surface area contributed by atoms with Crippen LogP contribution in [0.1, 0.15) is 10.5 Å². The first kappa shape index (κ1) is 9.10. The molecule has 0 spiro atoms. The van der Waals surface area contributed by atoms with Gasteiger partial charge >= 0.3 is 0 Å². The standard InChI is InChI=1S/C7H11N5O2/c8-4-2-14-3-6(4)10-7(13)5-1-9-12-11-5/h1,4,6H,2-3,8H2,(H,10,13)(H,9,11,12). The average Bonchev–Trinajstić information content (AvgIpc) is 2.77. The molecule has 1 saturated heterocycles. The fourth-order valence-electron chi connectivity index (χ4n) is 1.27. The normalized spacial score (nSPS) is 26.4. The summed E-state index contributed by atoms with van der Waals surface area (Å²) < 4.78 is 5.10. The SMILES string of the molecule is NC1COCC1NC(=O)c1cn[nH]n1. The van der Waals surface area contributed by atoms with Crippen LogP contribution in [0.2, 0.25) is 0 Å². The van der Waals surface area contributed by atoms with Crippen molar-refractivity contribution >= 4 is 5.91 Å². The molecule has 1 amide bonds. The molecule has 1 aromatic rings. The predicted octanol–water partition coefficient (Wildman–Crippen LogP) is -1.74. The second-order valence-electron chi connectivity index (χ2n) is 3.14. The van der Waals surface area contributed by atoms with E-state index in [2.05, 4.69) is 20.7 Å². The molecule has 2 atom stereocenters. The highest BCUT2D eigenvalue weighted by atomic mass is 16.5. The van der Waals surface area contributed by atoms with Crippen molar-refractivity contribution < 1.29 is 9.53 Å². The molecule has 1 fully saturated rings. The molecular formula is C7H11N5O2. The van der Waals surface area contributed by atoms with Crippen LogP contribution in [0.3, 0.4) is 0 Å². The summed E-state index contributed by atoms with van der Waals surface area (Å²) in [5.74, 6) is -0.287. The van der Waals surface area contributed by atoms with Crippen molar-refractivity contribution in [1.82, 2.24) is 20.7 Å². The quantitative estimate of drug-likeness (QED) is 0.522. The predicted molar refractivity (Wildman–Crippen MR) is 46.4 cm³/mol. The zero-order chi connectivity index (χ0) is 9.97. The monoisotopic (exact) mass is 197 g/mol. The second-order valence-corrected chi connectivity index (χ2v) is 3.14. The molecule has 14 heavy (non-hydrogen) atoms. The maximum absolute atomic E-state index is 11.5. The van der Waals surface area contributed by atoms with Crippen molar-refractivity contribution in [2.24, 2.45) is 5.73 Å². The Morgan fingerprint density at radius 1 is 1.71 bits per heavy atom. The lowest BCUT2D eigenvalue weighted by molar-refractivity contribution is 0.0923. The van der Waals surface area contributed by atoms with Crippen molar-refractivity contribution in [3.8, 4) is 0 Å². The number of aromatic nitrogens is 3. The minimum atomic E-state index is -0.287. The zero-order valence-corrected chi connectivity index (χ0v) is 7.43. The molecule has 2 heterocycles. The van der Waals surface area contributed by atoms with Gasteiger partial charge in [0.1, 0.15) is 0 Å². The number of ether oxygens (including phenoxy) is 1. The van der Waals surface area contributed by atoms with Crippen LogP contribution in [0.15, 0.2) is 6.20 Å². The second kappa shape index (κ2) is 3.72. The van der Waals surface area contributed by atoms with E-state index in [1.807, 2.05) is 0 Å². The highest BCUT2D eigenvalue weighted by molar-refractivity contribution is 5.92. The maximum Gasteiger partial charge on any atom is 0.273 e. The maximum atomic E-state index is 11.5. The van der Waals surface area contributed by atoms with Gasteiger partial charge < -0.3 is 15.8 Å². The van der Waals surface area contributed by atoms with E-state index in [0.29, 0.717) is 13.2 Å². The summed E-state index contributed by atoms with van der Waals surface area (Å²) in [6, 6.07) is -0.287. The largest absolute Gasteiger partial charge is 0.378 e. The topological polar surface area (TPSA) is 106 Å². The Bertz CT molecular complexity index is 312. The minimum Gasteiger partial charge on any atom is -0.378 e. The van der Waals surface area contributed by atoms with Gasteiger partial charge in [-0.15, -0.1) is 0 Å². The number of nitrogens with zero attached hydrogens (tertiary/aromatic N) is 2. The van der Waals surface area contributed by atoms with Crippen LogP contribution >= 0.6 is 0 Å². The summed E-state index contributed by atoms with van der Waals surface area (Å²) in [4.78, 5) is 11.5. The lowest BCUT2D eigenvalue weighted by Crippen LogP contribution is -2.46. The van der Waals surface area contributed by atoms with E-state index >= 15 is 0 Å². The van der Waals surface area contributed by atoms with Gasteiger partial charge in [-0.05, 0) is 0 Å². The minimum absolute atomic E-state index is 0.140. The molecule has 0 bridgehead atoms. The molecule has 1 aliphatic heterocycles. The molecule has 4 N–H and O–H groups in total. The van der Waals surface area contributed by atoms with Gasteiger partial charge in [0.05, 0.1) is 31.5 Å². The van der Waals surface area contributed by atoms with Crippen LogP contribution < -0.4 is 11.1 Å². The van der Waals surface area contributed by atoms with Gasteiger partial charge in [0.15, 0.2) is 5.69 Å². The lowest BCUT2D eigenvalue weighted by atomic mass is 10.2. The number of nitrogens with two attached hydrogens (primary N) is 1. The molecular weight excluding hydrogens is 186 g/mol. The first-order valence-electron chi connectivity index (χ1n) is 4.27. The van der Waals surface area contributed by atoms with Crippen LogP contribution in [-0.4, -0.2) is 46.6 Å². The molecule has 7 heteroatoms. The number of carbonyl (C=O) groups is 1. The smallest absolute Gasteiger partial charge is 0.273 e. The van der Waals surface area contributed by atoms with Crippen LogP contribution in [0, 0.1) is 0 Å². The van der Waals surface area contributed by atoms with Crippen molar-refractivity contribution in [2.75, 3.05) is 13.2 Å². The molecule has 1 aliphatic rings. The molecule has 0 aliphatic carbocycles. The zero-order valence-electron chi connectivity index (χ0n) is 7.43. The van der Waals surface area contributed by atoms with Crippen LogP contribution in [0.4, 0.5) is 0 Å². The molecule has 76 valence electrons. The van der Waals surface area contributed by atoms with E-state index in [9.17, 15) is 4.79 Å². The lowest BCUT2D eigenvalue weighted by Gasteiger charge is -2.13. The van der Waals surface area contributed by atoms with Gasteiger partial charge in [-0.25, -0.2) is 0 Å². The van der Waals surface area contributed by atoms with Gasteiger partial charge in [-0.3, -0.25) is 4.79 Å². The highest BCUT2D eigenvalue weighted by Crippen LogP contribution is 2.03. The number of hydrogen-bond acceptors (Lipinski definition) is 5. The Hall–Kier alpha value is -1.47. The first-order chi connectivity index (χ1) is 6.77. The number of nitrogens with one attached hydrogen (secondary N) is 2. The summed E-state index contributed by atoms with van der Waals surface area (Å²) in [7, 11) is 0. The molecule has 0 aromatic carbocycles. The summed E-state index contributed by atoms with van der Waals surface area (Å²) in [6.07, 6.45) is 1.36. The Balaban J connectivity index is 1.95. The third-order valence-electron chi connectivity index (χ3n) is 2.09. The summed E-state index contributed by atoms with van der Waals surface area (Å²) in [5.41, 5.74) is 5.95. The summed E-state index contributed by atoms with van der Waals surface area (Å²) >= 11 is 0. The molecule has 2 unspecified atom stereocenters. The van der Waals surface area contributed by atoms with Gasteiger partial charge in [0.2, 0.25) is 0 Å². The summed E-state index contributed by atoms with van der Waals surface area (Å²) in [6.45, 7) is 0.925. The van der Waals surface area contributed by atoms with Crippen molar-refractivity contribution in [3.63, 3.8) is 0 Å². The van der Waals surface area contributed by atoms with E-state index in [0.717, 1.165) is 0 Å². The Kier molecular flexibility index (Phi) is 2.42. The third-order valence-corrected chi connectivity index (χ3v) is 2.09. The van der Waals surface area contributed by atoms with Crippen LogP contribution in [-0.2, 0) is 4.74 Å². The van der Waals surface area contributed by atoms with Crippen LogP contribution in [0.5, 0.6) is 0 Å². The number of amides is 1. The number of aromatic amines is 1. The molecule has 0 radical (unpaired) electrons. The number of hydrogen-bond donors (Lipinski definition) is 3. The fraction of sp³-hybridized carbons (Fsp3) is 0.571. The average molecular weight is 197 g/mol. The number of carbonyl (C=O) groups excluding carboxylic acids is 1. The molecule has 1 aromatic heterocycles. The van der Waals surface area contributed by atoms with Crippen molar-refractivity contribution in [1.29, 1.82) is 0 Å². The van der Waals surface area contributed by atoms with Crippen molar-refractivity contribution in [3.05, 3.63) is 11.9 Å². The van der Waals surface area contributed by atoms with E-state index in [1.54, 1.807) is 0 Å². The van der Waals surface area contributed by atoms with Gasteiger partial charge in [0, 0.05) is 0 Å². The third kappa shape index (κ3) is 1.73. The van der Waals surface area contributed by atoms with Gasteiger partial charge in [0.25, 0.3) is 5.91 Å². The number of H-pyrrole nitrogens is 1. The highest BCUT2D eigenvalue weighted by Gasteiger charge is 2.27. The molecule has 0 saturated carbocycles. The first-order valence-corrected chi connectivity index (χ1v) is 4.27. The Labute approximate surface area is 80.0 Å². The summed E-state index contributed by atoms with van der Waals surface area (Å²) in [5, 5.41) is 12.3. The van der Waals surface area contributed by atoms with Gasteiger partial charge in [-0.2, -0.15) is 15.4 Å². The molecule has 7 nitrogen and oxygen atoms in total. The Morgan fingerprint density at radius 2 is 2.57 bits per heavy atom. The van der Waals surface area contributed by atoms with Gasteiger partial charge in [-0.1, -0.05) is 0 Å². The number of rotatable bonds is 2. The van der Waals surface area contributed by atoms with E-state index in [1.165, 1.54) is 6.20 Å². The van der Waals surface area contributed by atoms with E-state index in [4.69, 9.17) is 10.5 Å². The Morgan fingerprint density at radius 3 is 3.14 bits per heavy atom. The van der Waals surface area contributed by atoms with E-state index in [-0.39, 0.29) is 23.7 Å². The molecule has 2 rings (SSSR count). The van der Waals surface area contributed by atoms with E-state index < -0.39 is 0 Å². The van der Waals surface area contributed by atoms with Crippen molar-refractivity contribution in [2.45, 2.75) is 12.1 Å². The fourth-order valence-corrected chi connectivity index (χ4v) is 1.27. The van der Waals surface area contributed by atoms with Crippen LogP contribution in [0.25, 0.3) is 0 Å².